The SMILES string of the molecule is CCCn1c(=O)c2[nH]c(-c3ccc(OCC(=O)NC(Cc4ccc(N)cc4)C(=O)O)cc3)nc2n(CCC)c1=O. The maximum absolute atomic E-state index is 13.0. The van der Waals surface area contributed by atoms with Crippen molar-refractivity contribution >= 4 is 28.7 Å². The Morgan fingerprint density at radius 1 is 1.02 bits per heavy atom. The summed E-state index contributed by atoms with van der Waals surface area (Å²) in [6.07, 6.45) is 1.45. The fourth-order valence-electron chi connectivity index (χ4n) is 4.33. The molecule has 4 rings (SSSR count). The lowest BCUT2D eigenvalue weighted by atomic mass is 10.1. The third kappa shape index (κ3) is 6.22. The summed E-state index contributed by atoms with van der Waals surface area (Å²) in [5.41, 5.74) is 7.39. The van der Waals surface area contributed by atoms with Gasteiger partial charge in [0.05, 0.1) is 0 Å². The van der Waals surface area contributed by atoms with Crippen molar-refractivity contribution in [2.45, 2.75) is 52.2 Å². The molecule has 40 heavy (non-hydrogen) atoms. The molecule has 0 aliphatic heterocycles. The fraction of sp³-hybridized carbons (Fsp3) is 0.321. The molecule has 4 aromatic rings. The number of carboxylic acid groups (broad SMARTS) is 1. The highest BCUT2D eigenvalue weighted by atomic mass is 16.5. The van der Waals surface area contributed by atoms with Crippen LogP contribution in [0.15, 0.2) is 58.1 Å². The van der Waals surface area contributed by atoms with E-state index in [-0.39, 0.29) is 24.2 Å². The Morgan fingerprint density at radius 3 is 2.30 bits per heavy atom. The second-order valence-corrected chi connectivity index (χ2v) is 9.39. The zero-order valence-corrected chi connectivity index (χ0v) is 22.3. The number of ether oxygens (including phenoxy) is 1. The molecule has 0 spiro atoms. The standard InChI is InChI=1S/C28H32N6O6/c1-3-13-33-25-23(26(36)34(14-4-2)28(33)39)31-24(32-25)18-7-11-20(12-8-18)40-16-22(35)30-21(27(37)38)15-17-5-9-19(29)10-6-17/h5-12,21H,3-4,13-16,29H2,1-2H3,(H,30,35)(H,31,32)(H,37,38). The van der Waals surface area contributed by atoms with Crippen molar-refractivity contribution in [3.8, 4) is 17.1 Å². The molecule has 1 unspecified atom stereocenters. The van der Waals surface area contributed by atoms with Crippen LogP contribution in [0.1, 0.15) is 32.3 Å². The first-order valence-corrected chi connectivity index (χ1v) is 13.0. The van der Waals surface area contributed by atoms with Gasteiger partial charge in [-0.15, -0.1) is 0 Å². The summed E-state index contributed by atoms with van der Waals surface area (Å²) < 4.78 is 8.28. The van der Waals surface area contributed by atoms with Gasteiger partial charge in [0.2, 0.25) is 0 Å². The second kappa shape index (κ2) is 12.3. The summed E-state index contributed by atoms with van der Waals surface area (Å²) in [4.78, 5) is 57.5. The average molecular weight is 549 g/mol. The number of nitrogens with one attached hydrogen (secondary N) is 2. The van der Waals surface area contributed by atoms with Gasteiger partial charge in [-0.1, -0.05) is 26.0 Å². The average Bonchev–Trinajstić information content (AvgIpc) is 3.39. The number of nitrogens with zero attached hydrogens (tertiary/aromatic N) is 3. The molecule has 0 saturated heterocycles. The summed E-state index contributed by atoms with van der Waals surface area (Å²) in [6, 6.07) is 12.3. The number of imidazole rings is 1. The van der Waals surface area contributed by atoms with E-state index >= 15 is 0 Å². The van der Waals surface area contributed by atoms with Gasteiger partial charge in [-0.25, -0.2) is 14.6 Å². The van der Waals surface area contributed by atoms with E-state index in [4.69, 9.17) is 10.5 Å². The van der Waals surface area contributed by atoms with E-state index in [1.165, 1.54) is 9.13 Å². The summed E-state index contributed by atoms with van der Waals surface area (Å²) in [5, 5.41) is 12.0. The number of fused-ring (bicyclic) bond motifs is 1. The quantitative estimate of drug-likeness (QED) is 0.195. The third-order valence-corrected chi connectivity index (χ3v) is 6.31. The van der Waals surface area contributed by atoms with Gasteiger partial charge >= 0.3 is 11.7 Å². The predicted molar refractivity (Wildman–Crippen MR) is 150 cm³/mol. The van der Waals surface area contributed by atoms with Crippen molar-refractivity contribution < 1.29 is 19.4 Å². The van der Waals surface area contributed by atoms with E-state index in [1.54, 1.807) is 48.5 Å². The minimum atomic E-state index is -1.16. The first kappa shape index (κ1) is 28.1. The number of aryl methyl sites for hydroxylation is 1. The monoisotopic (exact) mass is 548 g/mol. The molecule has 1 atom stereocenters. The lowest BCUT2D eigenvalue weighted by Crippen LogP contribution is -2.44. The van der Waals surface area contributed by atoms with E-state index in [0.29, 0.717) is 54.4 Å². The van der Waals surface area contributed by atoms with E-state index in [2.05, 4.69) is 15.3 Å². The van der Waals surface area contributed by atoms with Crippen LogP contribution < -0.4 is 27.0 Å². The number of aromatic nitrogens is 4. The number of H-pyrrole nitrogens is 1. The van der Waals surface area contributed by atoms with Crippen LogP contribution >= 0.6 is 0 Å². The molecule has 12 heteroatoms. The summed E-state index contributed by atoms with van der Waals surface area (Å²) in [7, 11) is 0. The molecule has 12 nitrogen and oxygen atoms in total. The van der Waals surface area contributed by atoms with Crippen LogP contribution in [0.25, 0.3) is 22.6 Å². The van der Waals surface area contributed by atoms with E-state index in [1.807, 2.05) is 13.8 Å². The maximum Gasteiger partial charge on any atom is 0.332 e. The maximum atomic E-state index is 13.0. The Morgan fingerprint density at radius 2 is 1.68 bits per heavy atom. The lowest BCUT2D eigenvalue weighted by Gasteiger charge is -2.15. The summed E-state index contributed by atoms with van der Waals surface area (Å²) in [6.45, 7) is 4.22. The Labute approximate surface area is 229 Å². The molecule has 2 heterocycles. The van der Waals surface area contributed by atoms with Gasteiger partial charge in [-0.05, 0) is 54.8 Å². The highest BCUT2D eigenvalue weighted by Crippen LogP contribution is 2.22. The number of carbonyl (C=O) groups excluding carboxylic acids is 1. The molecular formula is C28H32N6O6. The number of rotatable bonds is 12. The van der Waals surface area contributed by atoms with Crippen LogP contribution in [0.5, 0.6) is 5.75 Å². The highest BCUT2D eigenvalue weighted by Gasteiger charge is 2.21. The molecular weight excluding hydrogens is 516 g/mol. The van der Waals surface area contributed by atoms with Crippen LogP contribution in [0.3, 0.4) is 0 Å². The second-order valence-electron chi connectivity index (χ2n) is 9.39. The summed E-state index contributed by atoms with van der Waals surface area (Å²) in [5.74, 6) is -0.942. The number of carbonyl (C=O) groups is 2. The van der Waals surface area contributed by atoms with Gasteiger partial charge < -0.3 is 25.9 Å². The Bertz CT molecular complexity index is 1620. The number of carboxylic acids is 1. The third-order valence-electron chi connectivity index (χ3n) is 6.31. The number of amides is 1. The van der Waals surface area contributed by atoms with Crippen LogP contribution in [0.2, 0.25) is 0 Å². The fourth-order valence-corrected chi connectivity index (χ4v) is 4.33. The largest absolute Gasteiger partial charge is 0.484 e. The van der Waals surface area contributed by atoms with Gasteiger partial charge in [0, 0.05) is 30.8 Å². The summed E-state index contributed by atoms with van der Waals surface area (Å²) >= 11 is 0. The van der Waals surface area contributed by atoms with Crippen molar-refractivity contribution in [3.63, 3.8) is 0 Å². The molecule has 0 aliphatic rings. The number of benzene rings is 2. The van der Waals surface area contributed by atoms with Crippen LogP contribution in [-0.2, 0) is 29.1 Å². The molecule has 2 aromatic carbocycles. The number of hydrogen-bond donors (Lipinski definition) is 4. The normalized spacial score (nSPS) is 11.8. The van der Waals surface area contributed by atoms with Gasteiger partial charge in [0.25, 0.3) is 11.5 Å². The van der Waals surface area contributed by atoms with Gasteiger partial charge in [0.15, 0.2) is 12.3 Å². The number of aromatic amines is 1. The minimum Gasteiger partial charge on any atom is -0.484 e. The molecule has 0 fully saturated rings. The zero-order valence-electron chi connectivity index (χ0n) is 22.3. The molecule has 0 bridgehead atoms. The molecule has 1 amide bonds. The van der Waals surface area contributed by atoms with Crippen molar-refractivity contribution in [2.75, 3.05) is 12.3 Å². The molecule has 210 valence electrons. The zero-order chi connectivity index (χ0) is 28.8. The smallest absolute Gasteiger partial charge is 0.332 e. The van der Waals surface area contributed by atoms with Gasteiger partial charge in [-0.2, -0.15) is 0 Å². The highest BCUT2D eigenvalue weighted by molar-refractivity contribution is 5.84. The van der Waals surface area contributed by atoms with Gasteiger partial charge in [-0.3, -0.25) is 18.7 Å². The van der Waals surface area contributed by atoms with E-state index in [0.717, 1.165) is 5.56 Å². The number of hydrogen-bond acceptors (Lipinski definition) is 7. The predicted octanol–water partition coefficient (Wildman–Crippen LogP) is 2.15. The number of aliphatic carboxylic acids is 1. The molecule has 0 aliphatic carbocycles. The van der Waals surface area contributed by atoms with Crippen molar-refractivity contribution in [1.29, 1.82) is 0 Å². The van der Waals surface area contributed by atoms with E-state index < -0.39 is 23.5 Å². The van der Waals surface area contributed by atoms with Crippen molar-refractivity contribution in [1.82, 2.24) is 24.4 Å². The molecule has 0 radical (unpaired) electrons. The Kier molecular flexibility index (Phi) is 8.67. The topological polar surface area (TPSA) is 174 Å². The molecule has 2 aromatic heterocycles. The van der Waals surface area contributed by atoms with Gasteiger partial charge in [0.1, 0.15) is 23.1 Å². The first-order valence-electron chi connectivity index (χ1n) is 13.0. The molecule has 0 saturated carbocycles. The van der Waals surface area contributed by atoms with Crippen molar-refractivity contribution in [3.05, 3.63) is 74.9 Å². The lowest BCUT2D eigenvalue weighted by molar-refractivity contribution is -0.142. The van der Waals surface area contributed by atoms with Crippen LogP contribution in [0.4, 0.5) is 5.69 Å². The van der Waals surface area contributed by atoms with Crippen LogP contribution in [-0.4, -0.2) is 48.7 Å². The number of nitrogen functional groups attached to an aromatic ring is 1. The molecule has 5 N–H and O–H groups in total. The number of anilines is 1. The minimum absolute atomic E-state index is 0.100. The van der Waals surface area contributed by atoms with Crippen LogP contribution in [0, 0.1) is 0 Å². The number of nitrogens with two attached hydrogens (primary N) is 1. The Balaban J connectivity index is 1.45. The van der Waals surface area contributed by atoms with Crippen molar-refractivity contribution in [2.24, 2.45) is 0 Å². The first-order chi connectivity index (χ1) is 19.2. The van der Waals surface area contributed by atoms with E-state index in [9.17, 15) is 24.3 Å². The Hall–Kier alpha value is -4.87.